The van der Waals surface area contributed by atoms with Crippen LogP contribution in [0.4, 0.5) is 0 Å². The highest BCUT2D eigenvalue weighted by atomic mass is 79.9. The predicted octanol–water partition coefficient (Wildman–Crippen LogP) is 3.42. The summed E-state index contributed by atoms with van der Waals surface area (Å²) < 4.78 is 2.43. The van der Waals surface area contributed by atoms with Crippen molar-refractivity contribution in [2.24, 2.45) is 0 Å². The summed E-state index contributed by atoms with van der Waals surface area (Å²) in [5.74, 6) is 0.336. The van der Waals surface area contributed by atoms with Crippen LogP contribution in [0.25, 0.3) is 0 Å². The molecule has 0 saturated heterocycles. The van der Waals surface area contributed by atoms with Crippen molar-refractivity contribution in [3.05, 3.63) is 20.5 Å². The van der Waals surface area contributed by atoms with E-state index in [9.17, 15) is 4.79 Å². The van der Waals surface area contributed by atoms with E-state index in [4.69, 9.17) is 0 Å². The van der Waals surface area contributed by atoms with Gasteiger partial charge in [0.25, 0.3) is 5.56 Å². The number of nitrogens with zero attached hydrogens (tertiary/aromatic N) is 1. The SMILES string of the molecule is CCC(CC)n1[nH]c(C(C)C)c(Br)c1=O. The van der Waals surface area contributed by atoms with Gasteiger partial charge in [-0.1, -0.05) is 27.7 Å². The summed E-state index contributed by atoms with van der Waals surface area (Å²) >= 11 is 3.36. The highest BCUT2D eigenvalue weighted by Gasteiger charge is 2.17. The van der Waals surface area contributed by atoms with E-state index in [-0.39, 0.29) is 11.6 Å². The van der Waals surface area contributed by atoms with Gasteiger partial charge in [-0.25, -0.2) is 4.68 Å². The molecule has 1 aromatic rings. The minimum atomic E-state index is 0.0624. The van der Waals surface area contributed by atoms with E-state index in [0.717, 1.165) is 18.5 Å². The topological polar surface area (TPSA) is 37.8 Å². The van der Waals surface area contributed by atoms with Crippen LogP contribution in [0, 0.1) is 0 Å². The fourth-order valence-corrected chi connectivity index (χ4v) is 2.48. The maximum Gasteiger partial charge on any atom is 0.281 e. The monoisotopic (exact) mass is 274 g/mol. The fourth-order valence-electron chi connectivity index (χ4n) is 1.74. The number of aromatic amines is 1. The molecule has 3 nitrogen and oxygen atoms in total. The molecule has 1 N–H and O–H groups in total. The van der Waals surface area contributed by atoms with Crippen LogP contribution in [0.15, 0.2) is 9.27 Å². The molecule has 1 aromatic heterocycles. The average Bonchev–Trinajstić information content (AvgIpc) is 2.48. The molecule has 0 aliphatic heterocycles. The summed E-state index contributed by atoms with van der Waals surface area (Å²) in [5, 5.41) is 3.21. The van der Waals surface area contributed by atoms with Gasteiger partial charge in [-0.05, 0) is 34.7 Å². The Hall–Kier alpha value is -0.510. The molecule has 1 rings (SSSR count). The van der Waals surface area contributed by atoms with Gasteiger partial charge in [0.15, 0.2) is 0 Å². The van der Waals surface area contributed by atoms with Crippen LogP contribution in [0.1, 0.15) is 58.2 Å². The average molecular weight is 275 g/mol. The van der Waals surface area contributed by atoms with Gasteiger partial charge in [-0.3, -0.25) is 9.89 Å². The minimum absolute atomic E-state index is 0.0624. The van der Waals surface area contributed by atoms with Crippen LogP contribution in [0.2, 0.25) is 0 Å². The summed E-state index contributed by atoms with van der Waals surface area (Å²) in [7, 11) is 0. The van der Waals surface area contributed by atoms with Gasteiger partial charge in [0.2, 0.25) is 0 Å². The van der Waals surface area contributed by atoms with Crippen molar-refractivity contribution in [1.29, 1.82) is 0 Å². The molecule has 4 heteroatoms. The number of aromatic nitrogens is 2. The van der Waals surface area contributed by atoms with Crippen molar-refractivity contribution in [3.63, 3.8) is 0 Å². The molecule has 0 fully saturated rings. The Morgan fingerprint density at radius 2 is 1.87 bits per heavy atom. The van der Waals surface area contributed by atoms with E-state index in [1.807, 2.05) is 0 Å². The second kappa shape index (κ2) is 5.01. The zero-order chi connectivity index (χ0) is 11.6. The molecule has 0 amide bonds. The van der Waals surface area contributed by atoms with Gasteiger partial charge in [0, 0.05) is 0 Å². The van der Waals surface area contributed by atoms with Gasteiger partial charge >= 0.3 is 0 Å². The largest absolute Gasteiger partial charge is 0.298 e. The molecule has 0 bridgehead atoms. The molecule has 86 valence electrons. The summed E-state index contributed by atoms with van der Waals surface area (Å²) in [6.45, 7) is 8.36. The number of hydrogen-bond acceptors (Lipinski definition) is 1. The smallest absolute Gasteiger partial charge is 0.281 e. The molecule has 0 aliphatic rings. The second-order valence-corrected chi connectivity index (χ2v) is 4.93. The highest BCUT2D eigenvalue weighted by molar-refractivity contribution is 9.10. The lowest BCUT2D eigenvalue weighted by molar-refractivity contribution is 0.414. The van der Waals surface area contributed by atoms with Crippen molar-refractivity contribution < 1.29 is 0 Å². The van der Waals surface area contributed by atoms with Crippen LogP contribution in [-0.2, 0) is 0 Å². The third-order valence-corrected chi connectivity index (χ3v) is 3.54. The first-order valence-corrected chi connectivity index (χ1v) is 6.32. The van der Waals surface area contributed by atoms with Crippen LogP contribution in [0.5, 0.6) is 0 Å². The molecule has 0 spiro atoms. The Bertz CT molecular complexity index is 374. The number of halogens is 1. The van der Waals surface area contributed by atoms with Gasteiger partial charge < -0.3 is 0 Å². The molecular formula is C11H19BrN2O. The summed E-state index contributed by atoms with van der Waals surface area (Å²) in [6, 6.07) is 0.279. The van der Waals surface area contributed by atoms with E-state index in [1.54, 1.807) is 4.68 Å². The second-order valence-electron chi connectivity index (χ2n) is 4.14. The summed E-state index contributed by atoms with van der Waals surface area (Å²) in [6.07, 6.45) is 1.95. The normalized spacial score (nSPS) is 11.7. The summed E-state index contributed by atoms with van der Waals surface area (Å²) in [5.41, 5.74) is 1.05. The van der Waals surface area contributed by atoms with E-state index < -0.39 is 0 Å². The highest BCUT2D eigenvalue weighted by Crippen LogP contribution is 2.22. The lowest BCUT2D eigenvalue weighted by atomic mass is 10.1. The lowest BCUT2D eigenvalue weighted by Crippen LogP contribution is -2.21. The third-order valence-electron chi connectivity index (χ3n) is 2.77. The number of nitrogens with one attached hydrogen (secondary N) is 1. The Labute approximate surface area is 99.0 Å². The maximum atomic E-state index is 11.9. The fraction of sp³-hybridized carbons (Fsp3) is 0.727. The molecule has 1 heterocycles. The zero-order valence-corrected chi connectivity index (χ0v) is 11.4. The molecule has 0 aliphatic carbocycles. The van der Waals surface area contributed by atoms with Crippen molar-refractivity contribution in [1.82, 2.24) is 9.78 Å². The van der Waals surface area contributed by atoms with Crippen LogP contribution in [-0.4, -0.2) is 9.78 Å². The molecule has 15 heavy (non-hydrogen) atoms. The van der Waals surface area contributed by atoms with Crippen molar-refractivity contribution in [2.45, 2.75) is 52.5 Å². The number of hydrogen-bond donors (Lipinski definition) is 1. The zero-order valence-electron chi connectivity index (χ0n) is 9.80. The van der Waals surface area contributed by atoms with E-state index >= 15 is 0 Å². The summed E-state index contributed by atoms with van der Waals surface area (Å²) in [4.78, 5) is 11.9. The Kier molecular flexibility index (Phi) is 4.20. The molecule has 0 aromatic carbocycles. The first-order chi connectivity index (χ1) is 7.02. The lowest BCUT2D eigenvalue weighted by Gasteiger charge is -2.13. The van der Waals surface area contributed by atoms with Crippen molar-refractivity contribution in [2.75, 3.05) is 0 Å². The Morgan fingerprint density at radius 1 is 1.33 bits per heavy atom. The van der Waals surface area contributed by atoms with Crippen molar-refractivity contribution >= 4 is 15.9 Å². The van der Waals surface area contributed by atoms with E-state index in [1.165, 1.54) is 0 Å². The number of rotatable bonds is 4. The van der Waals surface area contributed by atoms with E-state index in [0.29, 0.717) is 10.4 Å². The molecular weight excluding hydrogens is 256 g/mol. The standard InChI is InChI=1S/C11H19BrN2O/c1-5-8(6-2)14-11(15)9(12)10(13-14)7(3)4/h7-8,13H,5-6H2,1-4H3. The molecule has 0 unspecified atom stereocenters. The Balaban J connectivity index is 3.21. The Morgan fingerprint density at radius 3 is 2.20 bits per heavy atom. The first-order valence-electron chi connectivity index (χ1n) is 5.52. The van der Waals surface area contributed by atoms with E-state index in [2.05, 4.69) is 48.7 Å². The van der Waals surface area contributed by atoms with Crippen molar-refractivity contribution in [3.8, 4) is 0 Å². The first kappa shape index (κ1) is 12.6. The third kappa shape index (κ3) is 2.36. The molecule has 0 radical (unpaired) electrons. The predicted molar refractivity (Wildman–Crippen MR) is 66.5 cm³/mol. The maximum absolute atomic E-state index is 11.9. The van der Waals surface area contributed by atoms with Gasteiger partial charge in [0.1, 0.15) is 4.47 Å². The molecule has 0 atom stereocenters. The van der Waals surface area contributed by atoms with Gasteiger partial charge in [0.05, 0.1) is 11.7 Å². The number of H-pyrrole nitrogens is 1. The minimum Gasteiger partial charge on any atom is -0.298 e. The van der Waals surface area contributed by atoms with Gasteiger partial charge in [-0.15, -0.1) is 0 Å². The van der Waals surface area contributed by atoms with Crippen LogP contribution >= 0.6 is 15.9 Å². The molecule has 0 saturated carbocycles. The van der Waals surface area contributed by atoms with Crippen LogP contribution < -0.4 is 5.56 Å². The quantitative estimate of drug-likeness (QED) is 0.898. The van der Waals surface area contributed by atoms with Crippen LogP contribution in [0.3, 0.4) is 0 Å². The van der Waals surface area contributed by atoms with Gasteiger partial charge in [-0.2, -0.15) is 0 Å².